The Kier molecular flexibility index (Phi) is 7.48. The van der Waals surface area contributed by atoms with Crippen LogP contribution < -0.4 is 11.3 Å². The van der Waals surface area contributed by atoms with E-state index in [0.717, 1.165) is 12.8 Å². The second-order valence-corrected chi connectivity index (χ2v) is 9.29. The molecular formula is C30H24FN5O4. The summed E-state index contributed by atoms with van der Waals surface area (Å²) in [7, 11) is 0. The van der Waals surface area contributed by atoms with Crippen LogP contribution in [0.3, 0.4) is 0 Å². The first-order valence-corrected chi connectivity index (χ1v) is 12.6. The van der Waals surface area contributed by atoms with E-state index in [-0.39, 0.29) is 17.0 Å². The number of aliphatic carboxylic acids is 1. The zero-order valence-electron chi connectivity index (χ0n) is 21.2. The number of carbonyl (C=O) groups excluding carboxylic acids is 2. The summed E-state index contributed by atoms with van der Waals surface area (Å²) in [5.41, 5.74) is 4.81. The van der Waals surface area contributed by atoms with Crippen LogP contribution in [0.25, 0.3) is 22.2 Å². The largest absolute Gasteiger partial charge is 0.480 e. The van der Waals surface area contributed by atoms with E-state index in [1.807, 2.05) is 0 Å². The maximum atomic E-state index is 15.0. The van der Waals surface area contributed by atoms with Gasteiger partial charge in [0.1, 0.15) is 11.9 Å². The smallest absolute Gasteiger partial charge is 0.326 e. The average Bonchev–Trinajstić information content (AvgIpc) is 2.99. The summed E-state index contributed by atoms with van der Waals surface area (Å²) in [6, 6.07) is 13.3. The highest BCUT2D eigenvalue weighted by Gasteiger charge is 2.32. The van der Waals surface area contributed by atoms with Gasteiger partial charge in [0, 0.05) is 41.0 Å². The minimum absolute atomic E-state index is 0.159. The van der Waals surface area contributed by atoms with Crippen LogP contribution in [0.5, 0.6) is 0 Å². The number of aromatic nitrogens is 2. The van der Waals surface area contributed by atoms with Gasteiger partial charge >= 0.3 is 5.97 Å². The number of hydrogen-bond acceptors (Lipinski definition) is 6. The Morgan fingerprint density at radius 3 is 2.58 bits per heavy atom. The van der Waals surface area contributed by atoms with Gasteiger partial charge in [0.05, 0.1) is 22.3 Å². The first-order valence-electron chi connectivity index (χ1n) is 12.6. The molecule has 3 heterocycles. The van der Waals surface area contributed by atoms with Crippen molar-refractivity contribution in [2.75, 3.05) is 6.54 Å². The van der Waals surface area contributed by atoms with E-state index in [2.05, 4.69) is 27.2 Å². The Bertz CT molecular complexity index is 1690. The predicted octanol–water partition coefficient (Wildman–Crippen LogP) is 3.52. The zero-order chi connectivity index (χ0) is 28.2. The standard InChI is InChI=1S/C30H24FN5O4/c31-24-15-21(26-16-22(28(37)35-32)23-17-33-13-12-25(23)34-26)11-10-19(24)7-4-18-5-8-20(9-6-18)29(38)36-14-2-1-3-27(36)30(39)40/h5-6,8-13,15-17,27H,1-3,14,32H2,(H,35,37)(H,39,40). The number of fused-ring (bicyclic) bond motifs is 1. The number of amides is 2. The van der Waals surface area contributed by atoms with Crippen LogP contribution in [0, 0.1) is 17.7 Å². The number of nitrogens with two attached hydrogens (primary N) is 1. The molecule has 0 radical (unpaired) electrons. The molecule has 1 atom stereocenters. The Morgan fingerprint density at radius 2 is 1.85 bits per heavy atom. The molecule has 0 aliphatic carbocycles. The zero-order valence-corrected chi connectivity index (χ0v) is 21.2. The summed E-state index contributed by atoms with van der Waals surface area (Å²) in [4.78, 5) is 46.7. The number of nitrogens with zero attached hydrogens (tertiary/aromatic N) is 3. The number of likely N-dealkylation sites (tertiary alicyclic amines) is 1. The normalized spacial score (nSPS) is 14.8. The Labute approximate surface area is 228 Å². The molecule has 1 aliphatic rings. The van der Waals surface area contributed by atoms with Crippen LogP contribution >= 0.6 is 0 Å². The van der Waals surface area contributed by atoms with Crippen LogP contribution in [0.15, 0.2) is 67.0 Å². The first kappa shape index (κ1) is 26.5. The SMILES string of the molecule is NNC(=O)c1cc(-c2ccc(C#Cc3ccc(C(=O)N4CCCCC4C(=O)O)cc3)c(F)c2)nc2ccncc12. The number of benzene rings is 2. The molecule has 1 unspecified atom stereocenters. The molecule has 2 aromatic carbocycles. The summed E-state index contributed by atoms with van der Waals surface area (Å²) in [5, 5.41) is 9.96. The van der Waals surface area contributed by atoms with Crippen LogP contribution in [-0.2, 0) is 4.79 Å². The van der Waals surface area contributed by atoms with Gasteiger partial charge < -0.3 is 10.0 Å². The molecule has 40 heavy (non-hydrogen) atoms. The molecule has 2 amide bonds. The van der Waals surface area contributed by atoms with E-state index in [4.69, 9.17) is 5.84 Å². The van der Waals surface area contributed by atoms with E-state index >= 15 is 4.39 Å². The van der Waals surface area contributed by atoms with Gasteiger partial charge in [-0.15, -0.1) is 0 Å². The van der Waals surface area contributed by atoms with Gasteiger partial charge in [-0.05, 0) is 67.8 Å². The minimum Gasteiger partial charge on any atom is -0.480 e. The van der Waals surface area contributed by atoms with Crippen LogP contribution in [0.1, 0.15) is 51.1 Å². The van der Waals surface area contributed by atoms with Gasteiger partial charge in [-0.2, -0.15) is 0 Å². The third kappa shape index (κ3) is 5.36. The summed E-state index contributed by atoms with van der Waals surface area (Å²) in [5.74, 6) is 8.60. The van der Waals surface area contributed by atoms with E-state index < -0.39 is 23.7 Å². The van der Waals surface area contributed by atoms with Gasteiger partial charge in [-0.3, -0.25) is 20.0 Å². The van der Waals surface area contributed by atoms with E-state index in [9.17, 15) is 19.5 Å². The van der Waals surface area contributed by atoms with Crippen molar-refractivity contribution < 1.29 is 23.9 Å². The Morgan fingerprint density at radius 1 is 1.05 bits per heavy atom. The third-order valence-electron chi connectivity index (χ3n) is 6.77. The molecule has 0 bridgehead atoms. The molecular weight excluding hydrogens is 513 g/mol. The number of halogens is 1. The number of piperidine rings is 1. The molecule has 1 saturated heterocycles. The molecule has 4 N–H and O–H groups in total. The van der Waals surface area contributed by atoms with Gasteiger partial charge in [0.15, 0.2) is 0 Å². The van der Waals surface area contributed by atoms with Crippen molar-refractivity contribution in [1.82, 2.24) is 20.3 Å². The summed E-state index contributed by atoms with van der Waals surface area (Å²) in [6.07, 6.45) is 5.04. The first-order chi connectivity index (χ1) is 19.4. The summed E-state index contributed by atoms with van der Waals surface area (Å²) >= 11 is 0. The van der Waals surface area contributed by atoms with Crippen LogP contribution in [-0.4, -0.2) is 50.3 Å². The number of nitrogens with one attached hydrogen (secondary N) is 1. The molecule has 5 rings (SSSR count). The van der Waals surface area contributed by atoms with Gasteiger partial charge in [-0.1, -0.05) is 17.9 Å². The average molecular weight is 538 g/mol. The number of carbonyl (C=O) groups is 3. The number of nitrogen functional groups attached to an aromatic ring is 1. The van der Waals surface area contributed by atoms with E-state index in [1.54, 1.807) is 42.6 Å². The van der Waals surface area contributed by atoms with Crippen molar-refractivity contribution in [2.24, 2.45) is 5.84 Å². The third-order valence-corrected chi connectivity index (χ3v) is 6.77. The van der Waals surface area contributed by atoms with Gasteiger partial charge in [0.25, 0.3) is 11.8 Å². The number of hydrogen-bond donors (Lipinski definition) is 3. The lowest BCUT2D eigenvalue weighted by atomic mass is 10.0. The molecule has 9 nitrogen and oxygen atoms in total. The lowest BCUT2D eigenvalue weighted by molar-refractivity contribution is -0.143. The summed E-state index contributed by atoms with van der Waals surface area (Å²) < 4.78 is 15.0. The molecule has 1 aliphatic heterocycles. The molecule has 200 valence electrons. The molecule has 0 spiro atoms. The van der Waals surface area contributed by atoms with Crippen LogP contribution in [0.4, 0.5) is 4.39 Å². The molecule has 4 aromatic rings. The van der Waals surface area contributed by atoms with Crippen LogP contribution in [0.2, 0.25) is 0 Å². The fourth-order valence-corrected chi connectivity index (χ4v) is 4.69. The monoisotopic (exact) mass is 537 g/mol. The molecule has 1 fully saturated rings. The number of rotatable bonds is 4. The lowest BCUT2D eigenvalue weighted by Gasteiger charge is -2.33. The topological polar surface area (TPSA) is 139 Å². The van der Waals surface area contributed by atoms with E-state index in [1.165, 1.54) is 29.3 Å². The number of pyridine rings is 2. The maximum absolute atomic E-state index is 15.0. The fraction of sp³-hybridized carbons (Fsp3) is 0.167. The highest BCUT2D eigenvalue weighted by atomic mass is 19.1. The highest BCUT2D eigenvalue weighted by Crippen LogP contribution is 2.26. The fourth-order valence-electron chi connectivity index (χ4n) is 4.69. The Hall–Kier alpha value is -5.14. The van der Waals surface area contributed by atoms with Crippen molar-refractivity contribution >= 4 is 28.7 Å². The Balaban J connectivity index is 1.36. The quantitative estimate of drug-likeness (QED) is 0.157. The molecule has 10 heteroatoms. The maximum Gasteiger partial charge on any atom is 0.326 e. The van der Waals surface area contributed by atoms with Crippen molar-refractivity contribution in [3.05, 3.63) is 95.1 Å². The lowest BCUT2D eigenvalue weighted by Crippen LogP contribution is -2.47. The van der Waals surface area contributed by atoms with Crippen molar-refractivity contribution in [3.63, 3.8) is 0 Å². The number of carboxylic acid groups (broad SMARTS) is 1. The van der Waals surface area contributed by atoms with Crippen molar-refractivity contribution in [2.45, 2.75) is 25.3 Å². The minimum atomic E-state index is -1.00. The number of hydrazine groups is 1. The van der Waals surface area contributed by atoms with Gasteiger partial charge in [0.2, 0.25) is 0 Å². The molecule has 0 saturated carbocycles. The second-order valence-electron chi connectivity index (χ2n) is 9.29. The number of carboxylic acids is 1. The summed E-state index contributed by atoms with van der Waals surface area (Å²) in [6.45, 7) is 0.403. The van der Waals surface area contributed by atoms with Crippen molar-refractivity contribution in [1.29, 1.82) is 0 Å². The predicted molar refractivity (Wildman–Crippen MR) is 145 cm³/mol. The van der Waals surface area contributed by atoms with Crippen molar-refractivity contribution in [3.8, 4) is 23.1 Å². The van der Waals surface area contributed by atoms with Gasteiger partial charge in [-0.25, -0.2) is 20.0 Å². The highest BCUT2D eigenvalue weighted by molar-refractivity contribution is 6.06. The second kappa shape index (κ2) is 11.3. The van der Waals surface area contributed by atoms with E-state index in [0.29, 0.717) is 46.3 Å². The molecule has 2 aromatic heterocycles.